The van der Waals surface area contributed by atoms with Crippen LogP contribution in [0.15, 0.2) is 73.2 Å². The maximum absolute atomic E-state index is 13.6. The summed E-state index contributed by atoms with van der Waals surface area (Å²) in [6.07, 6.45) is 9.71. The summed E-state index contributed by atoms with van der Waals surface area (Å²) in [6.45, 7) is 11.8. The summed E-state index contributed by atoms with van der Waals surface area (Å²) < 4.78 is 0. The first-order valence-corrected chi connectivity index (χ1v) is 13.4. The van der Waals surface area contributed by atoms with E-state index in [9.17, 15) is 4.79 Å². The van der Waals surface area contributed by atoms with Crippen molar-refractivity contribution in [2.24, 2.45) is 5.92 Å². The second kappa shape index (κ2) is 12.2. The molecule has 6 heteroatoms. The van der Waals surface area contributed by atoms with Crippen molar-refractivity contribution in [2.75, 3.05) is 18.9 Å². The van der Waals surface area contributed by atoms with E-state index in [1.165, 1.54) is 32.1 Å². The fraction of sp³-hybridized carbons (Fsp3) is 0.467. The number of amides is 1. The van der Waals surface area contributed by atoms with Gasteiger partial charge in [-0.2, -0.15) is 0 Å². The second-order valence-electron chi connectivity index (χ2n) is 10.2. The van der Waals surface area contributed by atoms with E-state index in [4.69, 9.17) is 0 Å². The highest BCUT2D eigenvalue weighted by atomic mass is 16.2. The lowest BCUT2D eigenvalue weighted by Gasteiger charge is -2.39. The number of carbonyl (C=O) groups is 1. The van der Waals surface area contributed by atoms with Crippen LogP contribution in [-0.4, -0.2) is 47.5 Å². The molecule has 2 aromatic rings. The molecule has 1 saturated heterocycles. The number of hydrogen-bond acceptors (Lipinski definition) is 5. The molecule has 0 spiro atoms. The van der Waals surface area contributed by atoms with Gasteiger partial charge in [-0.25, -0.2) is 0 Å². The predicted molar refractivity (Wildman–Crippen MR) is 148 cm³/mol. The van der Waals surface area contributed by atoms with Gasteiger partial charge in [-0.1, -0.05) is 62.8 Å². The molecule has 4 rings (SSSR count). The molecule has 2 fully saturated rings. The number of aromatic nitrogens is 1. The third-order valence-corrected chi connectivity index (χ3v) is 7.81. The molecular formula is C30H41N5O. The van der Waals surface area contributed by atoms with Gasteiger partial charge < -0.3 is 20.9 Å². The first kappa shape index (κ1) is 26.0. The Bertz CT molecular complexity index is 1050. The van der Waals surface area contributed by atoms with E-state index < -0.39 is 0 Å². The Kier molecular flexibility index (Phi) is 8.81. The highest BCUT2D eigenvalue weighted by Gasteiger charge is 2.37. The van der Waals surface area contributed by atoms with Crippen molar-refractivity contribution in [3.05, 3.63) is 73.2 Å². The Labute approximate surface area is 216 Å². The minimum Gasteiger partial charge on any atom is -0.379 e. The number of anilines is 1. The molecule has 0 unspecified atom stereocenters. The van der Waals surface area contributed by atoms with Crippen LogP contribution >= 0.6 is 0 Å². The smallest absolute Gasteiger partial charge is 0.247 e. The van der Waals surface area contributed by atoms with Crippen LogP contribution in [0.3, 0.4) is 0 Å². The molecule has 1 aliphatic heterocycles. The van der Waals surface area contributed by atoms with Crippen LogP contribution in [-0.2, 0) is 4.79 Å². The zero-order chi connectivity index (χ0) is 25.5. The van der Waals surface area contributed by atoms with Crippen LogP contribution in [0.4, 0.5) is 5.69 Å². The number of likely N-dealkylation sites (tertiary alicyclic amines) is 1. The standard InChI is InChI=1S/C30H41N5O/c1-21(31-4)22(2)33-28(24-13-7-5-8-14-24)23(3)35-20-12-18-27(35)30(36)34-26-17-11-19-32-29(26)25-15-9-6-10-16-25/h6,9-11,15-17,19,21,24,27-28,31,33H,2-3,5,7-8,12-14,18,20H2,1,4H3,(H,34,36)/t21-,27-,28+/m0/s1. The predicted octanol–water partition coefficient (Wildman–Crippen LogP) is 5.33. The number of rotatable bonds is 10. The largest absolute Gasteiger partial charge is 0.379 e. The van der Waals surface area contributed by atoms with E-state index >= 15 is 0 Å². The van der Waals surface area contributed by atoms with Gasteiger partial charge in [0, 0.05) is 35.7 Å². The zero-order valence-corrected chi connectivity index (χ0v) is 21.8. The minimum atomic E-state index is -0.246. The number of hydrogen-bond donors (Lipinski definition) is 3. The van der Waals surface area contributed by atoms with Crippen molar-refractivity contribution < 1.29 is 4.79 Å². The first-order chi connectivity index (χ1) is 17.5. The summed E-state index contributed by atoms with van der Waals surface area (Å²) in [6, 6.07) is 13.8. The fourth-order valence-corrected chi connectivity index (χ4v) is 5.55. The monoisotopic (exact) mass is 487 g/mol. The maximum atomic E-state index is 13.6. The summed E-state index contributed by atoms with van der Waals surface area (Å²) in [5, 5.41) is 10.2. The summed E-state index contributed by atoms with van der Waals surface area (Å²) in [4.78, 5) is 20.4. The SMILES string of the molecule is C=C(N[C@H](C(=C)N1CCC[C@H]1C(=O)Nc1cccnc1-c1ccccc1)C1CCCCC1)[C@H](C)NC. The topological polar surface area (TPSA) is 69.3 Å². The van der Waals surface area contributed by atoms with E-state index in [0.29, 0.717) is 5.92 Å². The van der Waals surface area contributed by atoms with E-state index in [-0.39, 0.29) is 24.0 Å². The molecule has 0 bridgehead atoms. The Balaban J connectivity index is 1.52. The zero-order valence-electron chi connectivity index (χ0n) is 21.8. The summed E-state index contributed by atoms with van der Waals surface area (Å²) in [7, 11) is 1.95. The molecule has 1 amide bonds. The Morgan fingerprint density at radius 2 is 1.78 bits per heavy atom. The van der Waals surface area contributed by atoms with E-state index in [2.05, 4.69) is 45.9 Å². The molecule has 2 aliphatic rings. The molecule has 1 saturated carbocycles. The second-order valence-corrected chi connectivity index (χ2v) is 10.2. The third kappa shape index (κ3) is 5.98. The molecule has 3 N–H and O–H groups in total. The van der Waals surface area contributed by atoms with E-state index in [1.807, 2.05) is 49.5 Å². The van der Waals surface area contributed by atoms with Gasteiger partial charge in [-0.15, -0.1) is 0 Å². The van der Waals surface area contributed by atoms with Crippen LogP contribution < -0.4 is 16.0 Å². The Hall–Kier alpha value is -3.12. The molecule has 192 valence electrons. The number of likely N-dealkylation sites (N-methyl/N-ethyl adjacent to an activating group) is 1. The lowest BCUT2D eigenvalue weighted by atomic mass is 9.82. The highest BCUT2D eigenvalue weighted by molar-refractivity contribution is 5.98. The van der Waals surface area contributed by atoms with Crippen LogP contribution in [0.25, 0.3) is 11.3 Å². The Morgan fingerprint density at radius 1 is 1.03 bits per heavy atom. The van der Waals surface area contributed by atoms with Gasteiger partial charge in [-0.05, 0) is 57.7 Å². The first-order valence-electron chi connectivity index (χ1n) is 13.4. The van der Waals surface area contributed by atoms with Crippen molar-refractivity contribution in [3.8, 4) is 11.3 Å². The molecule has 1 aromatic heterocycles. The fourth-order valence-electron chi connectivity index (χ4n) is 5.55. The lowest BCUT2D eigenvalue weighted by Crippen LogP contribution is -2.49. The molecular weight excluding hydrogens is 446 g/mol. The lowest BCUT2D eigenvalue weighted by molar-refractivity contribution is -0.119. The van der Waals surface area contributed by atoms with E-state index in [0.717, 1.165) is 47.7 Å². The van der Waals surface area contributed by atoms with E-state index in [1.54, 1.807) is 6.20 Å². The van der Waals surface area contributed by atoms with Crippen molar-refractivity contribution >= 4 is 11.6 Å². The average molecular weight is 488 g/mol. The summed E-state index contributed by atoms with van der Waals surface area (Å²) >= 11 is 0. The molecule has 1 aromatic carbocycles. The molecule has 3 atom stereocenters. The van der Waals surface area contributed by atoms with Crippen molar-refractivity contribution in [1.82, 2.24) is 20.5 Å². The number of pyridine rings is 1. The van der Waals surface area contributed by atoms with Crippen LogP contribution in [0.5, 0.6) is 0 Å². The summed E-state index contributed by atoms with van der Waals surface area (Å²) in [5.74, 6) is 0.503. The van der Waals surface area contributed by atoms with Gasteiger partial charge in [0.1, 0.15) is 6.04 Å². The number of benzene rings is 1. The Morgan fingerprint density at radius 3 is 2.50 bits per heavy atom. The highest BCUT2D eigenvalue weighted by Crippen LogP contribution is 2.34. The number of nitrogens with zero attached hydrogens (tertiary/aromatic N) is 2. The van der Waals surface area contributed by atoms with Crippen molar-refractivity contribution in [1.29, 1.82) is 0 Å². The van der Waals surface area contributed by atoms with Gasteiger partial charge in [0.15, 0.2) is 0 Å². The van der Waals surface area contributed by atoms with Gasteiger partial charge in [0.2, 0.25) is 5.91 Å². The minimum absolute atomic E-state index is 0.00337. The molecule has 1 aliphatic carbocycles. The summed E-state index contributed by atoms with van der Waals surface area (Å²) in [5.41, 5.74) is 4.49. The average Bonchev–Trinajstić information content (AvgIpc) is 3.42. The van der Waals surface area contributed by atoms with Gasteiger partial charge in [0.25, 0.3) is 0 Å². The van der Waals surface area contributed by atoms with Gasteiger partial charge >= 0.3 is 0 Å². The molecule has 36 heavy (non-hydrogen) atoms. The van der Waals surface area contributed by atoms with Crippen molar-refractivity contribution in [2.45, 2.75) is 70.0 Å². The number of carbonyl (C=O) groups excluding carboxylic acids is 1. The van der Waals surface area contributed by atoms with Gasteiger partial charge in [0.05, 0.1) is 17.4 Å². The molecule has 6 nitrogen and oxygen atoms in total. The van der Waals surface area contributed by atoms with Crippen LogP contribution in [0, 0.1) is 5.92 Å². The van der Waals surface area contributed by atoms with Crippen molar-refractivity contribution in [3.63, 3.8) is 0 Å². The van der Waals surface area contributed by atoms with Crippen LogP contribution in [0.2, 0.25) is 0 Å². The molecule has 0 radical (unpaired) electrons. The third-order valence-electron chi connectivity index (χ3n) is 7.81. The number of nitrogens with one attached hydrogen (secondary N) is 3. The quantitative estimate of drug-likeness (QED) is 0.423. The normalized spacial score (nSPS) is 19.9. The van der Waals surface area contributed by atoms with Crippen LogP contribution in [0.1, 0.15) is 51.9 Å². The maximum Gasteiger partial charge on any atom is 0.247 e. The molecule has 2 heterocycles. The van der Waals surface area contributed by atoms with Gasteiger partial charge in [-0.3, -0.25) is 9.78 Å².